The average Bonchev–Trinajstić information content (AvgIpc) is 3.24. The van der Waals surface area contributed by atoms with Gasteiger partial charge in [0.15, 0.2) is 5.43 Å². The molecule has 0 saturated carbocycles. The predicted molar refractivity (Wildman–Crippen MR) is 138 cm³/mol. The number of benzene rings is 3. The normalized spacial score (nSPS) is 15.2. The first-order valence-corrected chi connectivity index (χ1v) is 13.1. The van der Waals surface area contributed by atoms with E-state index >= 15 is 0 Å². The van der Waals surface area contributed by atoms with Crippen LogP contribution in [0.1, 0.15) is 17.2 Å². The van der Waals surface area contributed by atoms with Crippen molar-refractivity contribution in [2.75, 3.05) is 20.1 Å². The smallest absolute Gasteiger partial charge is 0.340 e. The number of fused-ring (bicyclic) bond motifs is 4. The van der Waals surface area contributed by atoms with Gasteiger partial charge in [-0.15, -0.1) is 3.89 Å². The quantitative estimate of drug-likeness (QED) is 0.240. The molecule has 6 rings (SSSR count). The molecule has 2 aromatic heterocycles. The first-order chi connectivity index (χ1) is 18.4. The van der Waals surface area contributed by atoms with Crippen molar-refractivity contribution in [2.24, 2.45) is 0 Å². The minimum atomic E-state index is -5.17. The van der Waals surface area contributed by atoms with E-state index < -0.39 is 32.3 Å². The molecule has 0 amide bonds. The Labute approximate surface area is 218 Å². The molecule has 3 aromatic carbocycles. The Balaban J connectivity index is 1.77. The zero-order chi connectivity index (χ0) is 27.9. The number of likely N-dealkylation sites (tertiary alicyclic amines) is 1. The van der Waals surface area contributed by atoms with Crippen LogP contribution < -0.4 is 5.43 Å². The number of nitriles is 1. The second kappa shape index (κ2) is 8.39. The number of rotatable bonds is 3. The van der Waals surface area contributed by atoms with Gasteiger partial charge in [-0.1, -0.05) is 18.2 Å². The average molecular weight is 555 g/mol. The van der Waals surface area contributed by atoms with Gasteiger partial charge in [0.1, 0.15) is 5.65 Å². The van der Waals surface area contributed by atoms with Gasteiger partial charge >= 0.3 is 16.4 Å². The summed E-state index contributed by atoms with van der Waals surface area (Å²) >= 11 is 0. The SMILES string of the molecule is CN1CC(n2c3cc(-c4cccc(S(=O)(=O)F)c4)c(C(F)(F)F)cc3c(=O)c3c4ccc(C#N)cc4[nH]c32)C1. The molecule has 0 aliphatic carbocycles. The van der Waals surface area contributed by atoms with Crippen LogP contribution >= 0.6 is 0 Å². The Bertz CT molecular complexity index is 2050. The van der Waals surface area contributed by atoms with E-state index in [-0.39, 0.29) is 33.5 Å². The maximum atomic E-state index is 14.4. The van der Waals surface area contributed by atoms with E-state index in [4.69, 9.17) is 0 Å². The van der Waals surface area contributed by atoms with Gasteiger partial charge in [0, 0.05) is 29.4 Å². The van der Waals surface area contributed by atoms with Crippen LogP contribution in [-0.4, -0.2) is 43.0 Å². The molecule has 1 N–H and O–H groups in total. The van der Waals surface area contributed by atoms with Crippen LogP contribution in [0.2, 0.25) is 0 Å². The number of hydrogen-bond acceptors (Lipinski definition) is 5. The molecule has 1 saturated heterocycles. The highest BCUT2D eigenvalue weighted by Gasteiger charge is 2.36. The number of hydrogen-bond donors (Lipinski definition) is 1. The summed E-state index contributed by atoms with van der Waals surface area (Å²) in [7, 11) is -3.28. The molecular formula is C27H18F4N4O3S. The number of aromatic nitrogens is 2. The summed E-state index contributed by atoms with van der Waals surface area (Å²) in [4.78, 5) is 18.2. The highest BCUT2D eigenvalue weighted by atomic mass is 32.3. The first-order valence-electron chi connectivity index (χ1n) is 11.8. The van der Waals surface area contributed by atoms with E-state index in [0.717, 1.165) is 24.3 Å². The number of H-pyrrole nitrogens is 1. The molecule has 1 aliphatic heterocycles. The van der Waals surface area contributed by atoms with E-state index in [0.29, 0.717) is 35.2 Å². The van der Waals surface area contributed by atoms with Crippen molar-refractivity contribution >= 4 is 43.1 Å². The number of aromatic amines is 1. The van der Waals surface area contributed by atoms with Crippen molar-refractivity contribution in [3.8, 4) is 17.2 Å². The molecule has 0 radical (unpaired) electrons. The second-order valence-electron chi connectivity index (χ2n) is 9.67. The molecule has 39 heavy (non-hydrogen) atoms. The minimum absolute atomic E-state index is 0.160. The zero-order valence-corrected chi connectivity index (χ0v) is 21.0. The van der Waals surface area contributed by atoms with E-state index in [1.165, 1.54) is 18.2 Å². The Morgan fingerprint density at radius 3 is 2.44 bits per heavy atom. The van der Waals surface area contributed by atoms with Gasteiger partial charge in [-0.05, 0) is 54.6 Å². The first kappa shape index (κ1) is 25.1. The van der Waals surface area contributed by atoms with E-state index in [9.17, 15) is 35.5 Å². The molecule has 0 bridgehead atoms. The lowest BCUT2D eigenvalue weighted by Crippen LogP contribution is -2.45. The third-order valence-corrected chi connectivity index (χ3v) is 7.97. The van der Waals surface area contributed by atoms with E-state index in [1.807, 2.05) is 18.0 Å². The van der Waals surface area contributed by atoms with Crippen LogP contribution in [0.3, 0.4) is 0 Å². The minimum Gasteiger partial charge on any atom is -0.340 e. The van der Waals surface area contributed by atoms with Gasteiger partial charge in [0.2, 0.25) is 0 Å². The molecule has 0 spiro atoms. The van der Waals surface area contributed by atoms with E-state index in [1.54, 1.807) is 16.7 Å². The van der Waals surface area contributed by atoms with Crippen molar-refractivity contribution in [2.45, 2.75) is 17.1 Å². The topological polar surface area (TPSA) is 99.0 Å². The zero-order valence-electron chi connectivity index (χ0n) is 20.2. The van der Waals surface area contributed by atoms with E-state index in [2.05, 4.69) is 4.98 Å². The van der Waals surface area contributed by atoms with Gasteiger partial charge in [-0.25, -0.2) is 0 Å². The summed E-state index contributed by atoms with van der Waals surface area (Å²) in [5.41, 5.74) is -0.844. The lowest BCUT2D eigenvalue weighted by Gasteiger charge is -2.39. The van der Waals surface area contributed by atoms with Crippen molar-refractivity contribution < 1.29 is 25.5 Å². The third kappa shape index (κ3) is 3.97. The van der Waals surface area contributed by atoms with Gasteiger partial charge in [-0.2, -0.15) is 26.9 Å². The molecular weight excluding hydrogens is 536 g/mol. The summed E-state index contributed by atoms with van der Waals surface area (Å²) in [5.74, 6) is 0. The Hall–Kier alpha value is -4.21. The number of halogens is 4. The number of nitrogens with zero attached hydrogens (tertiary/aromatic N) is 3. The molecule has 0 atom stereocenters. The van der Waals surface area contributed by atoms with Crippen LogP contribution in [0.15, 0.2) is 64.3 Å². The highest BCUT2D eigenvalue weighted by Crippen LogP contribution is 2.41. The number of likely N-dealkylation sites (N-methyl/N-ethyl adjacent to an activating group) is 1. The number of pyridine rings is 1. The van der Waals surface area contributed by atoms with Crippen molar-refractivity contribution in [1.29, 1.82) is 5.26 Å². The summed E-state index contributed by atoms with van der Waals surface area (Å²) < 4.78 is 81.6. The Morgan fingerprint density at radius 1 is 1.05 bits per heavy atom. The predicted octanol–water partition coefficient (Wildman–Crippen LogP) is 5.34. The van der Waals surface area contributed by atoms with Crippen molar-refractivity contribution in [3.05, 3.63) is 75.9 Å². The summed E-state index contributed by atoms with van der Waals surface area (Å²) in [6.07, 6.45) is -4.90. The van der Waals surface area contributed by atoms with Crippen LogP contribution in [0, 0.1) is 11.3 Å². The van der Waals surface area contributed by atoms with Crippen LogP contribution in [0.25, 0.3) is 44.0 Å². The van der Waals surface area contributed by atoms with Crippen molar-refractivity contribution in [3.63, 3.8) is 0 Å². The summed E-state index contributed by atoms with van der Waals surface area (Å²) in [6, 6.07) is 12.8. The van der Waals surface area contributed by atoms with Crippen LogP contribution in [0.4, 0.5) is 17.1 Å². The van der Waals surface area contributed by atoms with Crippen molar-refractivity contribution in [1.82, 2.24) is 14.5 Å². The van der Waals surface area contributed by atoms with Gasteiger partial charge in [0.05, 0.1) is 39.0 Å². The summed E-state index contributed by atoms with van der Waals surface area (Å²) in [5, 5.41) is 9.85. The maximum absolute atomic E-state index is 14.4. The molecule has 3 heterocycles. The molecule has 198 valence electrons. The van der Waals surface area contributed by atoms with Gasteiger partial charge in [-0.3, -0.25) is 4.79 Å². The number of nitrogens with one attached hydrogen (secondary N) is 1. The monoisotopic (exact) mass is 554 g/mol. The summed E-state index contributed by atoms with van der Waals surface area (Å²) in [6.45, 7) is 1.13. The fourth-order valence-electron chi connectivity index (χ4n) is 5.39. The molecule has 7 nitrogen and oxygen atoms in total. The third-order valence-electron chi connectivity index (χ3n) is 7.16. The van der Waals surface area contributed by atoms with Crippen LogP contribution in [0.5, 0.6) is 0 Å². The molecule has 1 aliphatic rings. The van der Waals surface area contributed by atoms with Gasteiger partial charge < -0.3 is 14.5 Å². The molecule has 1 fully saturated rings. The Kier molecular flexibility index (Phi) is 5.40. The lowest BCUT2D eigenvalue weighted by atomic mass is 9.95. The molecule has 5 aromatic rings. The largest absolute Gasteiger partial charge is 0.417 e. The maximum Gasteiger partial charge on any atom is 0.417 e. The standard InChI is InChI=1S/C27H18F4N4O3S/c1-34-12-16(13-34)35-23-10-19(15-3-2-4-17(8-15)39(31,37)38)21(27(28,29)30)9-20(23)25(36)24-18-6-5-14(11-32)7-22(18)33-26(24)35/h2-10,16,33H,12-13H2,1H3. The van der Waals surface area contributed by atoms with Gasteiger partial charge in [0.25, 0.3) is 0 Å². The molecule has 0 unspecified atom stereocenters. The fraction of sp³-hybridized carbons (Fsp3) is 0.185. The second-order valence-corrected chi connectivity index (χ2v) is 11.0. The molecule has 12 heteroatoms. The Morgan fingerprint density at radius 2 is 1.79 bits per heavy atom. The number of alkyl halides is 3. The highest BCUT2D eigenvalue weighted by molar-refractivity contribution is 7.86. The van der Waals surface area contributed by atoms with Crippen LogP contribution in [-0.2, 0) is 16.4 Å². The lowest BCUT2D eigenvalue weighted by molar-refractivity contribution is -0.137. The fourth-order valence-corrected chi connectivity index (χ4v) is 5.89.